The molecule has 1 heterocycles. The number of aryl methyl sites for hydroxylation is 1. The minimum Gasteiger partial charge on any atom is -0.329 e. The number of aromatic amines is 2. The highest BCUT2D eigenvalue weighted by Gasteiger charge is 2.02. The van der Waals surface area contributed by atoms with E-state index in [9.17, 15) is 0 Å². The van der Waals surface area contributed by atoms with E-state index in [2.05, 4.69) is 89.2 Å². The number of rotatable bonds is 1. The molecule has 0 amide bonds. The average molecular weight is 304 g/mol. The van der Waals surface area contributed by atoms with Gasteiger partial charge in [0.2, 0.25) is 0 Å². The molecule has 2 N–H and O–H groups in total. The number of benzene rings is 3. The molecule has 0 aliphatic heterocycles. The van der Waals surface area contributed by atoms with Gasteiger partial charge in [-0.1, -0.05) is 54.1 Å². The molecule has 0 atom stereocenters. The van der Waals surface area contributed by atoms with Gasteiger partial charge in [0.15, 0.2) is 0 Å². The molecule has 108 valence electrons. The van der Waals surface area contributed by atoms with Gasteiger partial charge in [0.25, 0.3) is 0 Å². The lowest BCUT2D eigenvalue weighted by molar-refractivity contribution is 1.48. The fraction of sp³-hybridized carbons (Fsp3) is 0.0526. The van der Waals surface area contributed by atoms with Crippen molar-refractivity contribution in [3.8, 4) is 5.30 Å². The number of para-hydroxylation sites is 2. The topological polar surface area (TPSA) is 31.6 Å². The summed E-state index contributed by atoms with van der Waals surface area (Å²) in [5.74, 6) is 0. The first kappa shape index (κ1) is 13.2. The van der Waals surface area contributed by atoms with Crippen LogP contribution in [0.5, 0.6) is 0 Å². The van der Waals surface area contributed by atoms with E-state index in [1.807, 2.05) is 0 Å². The second-order valence-corrected chi connectivity index (χ2v) is 7.12. The zero-order chi connectivity index (χ0) is 14.9. The van der Waals surface area contributed by atoms with Crippen LogP contribution in [0.4, 0.5) is 0 Å². The highest BCUT2D eigenvalue weighted by Crippen LogP contribution is 2.35. The van der Waals surface area contributed by atoms with E-state index >= 15 is 0 Å². The Morgan fingerprint density at radius 1 is 0.636 bits per heavy atom. The Hall–Kier alpha value is -2.44. The zero-order valence-corrected chi connectivity index (χ0v) is 13.3. The second kappa shape index (κ2) is 5.40. The Bertz CT molecular complexity index is 927. The Kier molecular flexibility index (Phi) is 3.25. The molecule has 0 spiro atoms. The molecule has 0 saturated carbocycles. The lowest BCUT2D eigenvalue weighted by Gasteiger charge is -2.02. The van der Waals surface area contributed by atoms with Crippen molar-refractivity contribution < 1.29 is 0 Å². The summed E-state index contributed by atoms with van der Waals surface area (Å²) in [5, 5.41) is 3.80. The molecule has 3 heteroatoms. The third kappa shape index (κ3) is 2.32. The normalized spacial score (nSPS) is 11.0. The fourth-order valence-corrected chi connectivity index (χ4v) is 4.36. The smallest absolute Gasteiger partial charge is 0.0532 e. The van der Waals surface area contributed by atoms with Gasteiger partial charge in [0.05, 0.1) is 18.9 Å². The van der Waals surface area contributed by atoms with Gasteiger partial charge < -0.3 is 9.49 Å². The first-order valence-corrected chi connectivity index (χ1v) is 8.74. The van der Waals surface area contributed by atoms with Gasteiger partial charge in [-0.15, -0.1) is 0 Å². The molecule has 4 rings (SSSR count). The van der Waals surface area contributed by atoms with E-state index < -0.39 is 7.85 Å². The van der Waals surface area contributed by atoms with Crippen molar-refractivity contribution in [2.45, 2.75) is 6.92 Å². The predicted molar refractivity (Wildman–Crippen MR) is 96.6 cm³/mol. The maximum absolute atomic E-state index is 3.70. The van der Waals surface area contributed by atoms with E-state index in [4.69, 9.17) is 0 Å². The van der Waals surface area contributed by atoms with Crippen molar-refractivity contribution in [1.29, 1.82) is 0 Å². The Labute approximate surface area is 130 Å². The molecule has 1 aromatic heterocycles. The first-order valence-electron chi connectivity index (χ1n) is 7.40. The first-order chi connectivity index (χ1) is 10.8. The molecule has 4 aromatic rings. The van der Waals surface area contributed by atoms with E-state index in [1.165, 1.54) is 32.7 Å². The van der Waals surface area contributed by atoms with Crippen molar-refractivity contribution in [3.63, 3.8) is 0 Å². The van der Waals surface area contributed by atoms with Crippen LogP contribution < -0.4 is 0 Å². The third-order valence-electron chi connectivity index (χ3n) is 3.90. The number of nitrogens with one attached hydrogen (secondary N) is 2. The van der Waals surface area contributed by atoms with Gasteiger partial charge >= 0.3 is 0 Å². The molecule has 22 heavy (non-hydrogen) atoms. The molecular formula is C19H17N2P. The summed E-state index contributed by atoms with van der Waals surface area (Å²) in [7, 11) is -0.679. The molecule has 0 aliphatic rings. The van der Waals surface area contributed by atoms with Gasteiger partial charge in [0, 0.05) is 16.1 Å². The summed E-state index contributed by atoms with van der Waals surface area (Å²) in [6.45, 7) is 2.12. The summed E-state index contributed by atoms with van der Waals surface area (Å²) in [4.78, 5) is 0. The van der Waals surface area contributed by atoms with Crippen LogP contribution in [0.25, 0.3) is 27.1 Å². The van der Waals surface area contributed by atoms with Crippen molar-refractivity contribution in [2.75, 3.05) is 0 Å². The number of hydrogen-bond acceptors (Lipinski definition) is 0. The molecule has 0 bridgehead atoms. The maximum Gasteiger partial charge on any atom is 0.0532 e. The number of H-pyrrole nitrogens is 2. The number of aromatic nitrogens is 2. The van der Waals surface area contributed by atoms with Crippen LogP contribution in [-0.4, -0.2) is 9.49 Å². The van der Waals surface area contributed by atoms with Gasteiger partial charge in [0.1, 0.15) is 0 Å². The highest BCUT2D eigenvalue weighted by atomic mass is 31.1. The summed E-state index contributed by atoms with van der Waals surface area (Å²) < 4.78 is 7.39. The monoisotopic (exact) mass is 304 g/mol. The Morgan fingerprint density at radius 3 is 1.68 bits per heavy atom. The molecular weight excluding hydrogens is 287 g/mol. The fourth-order valence-electron chi connectivity index (χ4n) is 2.72. The zero-order valence-electron chi connectivity index (χ0n) is 12.4. The van der Waals surface area contributed by atoms with Crippen LogP contribution in [0.1, 0.15) is 5.56 Å². The SMILES string of the molecule is Cc1ccc(-p2[nH]c3ccccc3c3ccccc3[nH]2)cc1. The van der Waals surface area contributed by atoms with Crippen LogP contribution in [0, 0.1) is 6.92 Å². The van der Waals surface area contributed by atoms with E-state index in [0.717, 1.165) is 0 Å². The van der Waals surface area contributed by atoms with Crippen molar-refractivity contribution in [3.05, 3.63) is 78.4 Å². The quantitative estimate of drug-likeness (QED) is 0.428. The highest BCUT2D eigenvalue weighted by molar-refractivity contribution is 7.49. The minimum absolute atomic E-state index is 0.679. The van der Waals surface area contributed by atoms with Crippen molar-refractivity contribution in [2.24, 2.45) is 0 Å². The van der Waals surface area contributed by atoms with E-state index in [-0.39, 0.29) is 0 Å². The average Bonchev–Trinajstić information content (AvgIpc) is 2.72. The molecule has 0 fully saturated rings. The van der Waals surface area contributed by atoms with Crippen LogP contribution in [0.2, 0.25) is 0 Å². The summed E-state index contributed by atoms with van der Waals surface area (Å²) in [5.41, 5.74) is 3.66. The standard InChI is InChI=1S/C19H17N2P/c1-14-10-12-15(13-11-14)22-20-18-8-4-2-6-16(18)17-7-3-5-9-19(17)21-22/h2-13,20-21H,1H3. The maximum atomic E-state index is 3.70. The Morgan fingerprint density at radius 2 is 1.14 bits per heavy atom. The number of hydrogen-bond donors (Lipinski definition) is 2. The molecule has 0 unspecified atom stereocenters. The lowest BCUT2D eigenvalue weighted by atomic mass is 10.1. The molecule has 0 saturated heterocycles. The molecule has 0 aliphatic carbocycles. The van der Waals surface area contributed by atoms with E-state index in [0.29, 0.717) is 0 Å². The third-order valence-corrected chi connectivity index (χ3v) is 5.64. The van der Waals surface area contributed by atoms with Crippen molar-refractivity contribution >= 4 is 29.7 Å². The molecule has 2 nitrogen and oxygen atoms in total. The van der Waals surface area contributed by atoms with Crippen molar-refractivity contribution in [1.82, 2.24) is 9.49 Å². The minimum atomic E-state index is -0.679. The van der Waals surface area contributed by atoms with Gasteiger partial charge in [-0.25, -0.2) is 0 Å². The lowest BCUT2D eigenvalue weighted by Crippen LogP contribution is -1.75. The van der Waals surface area contributed by atoms with Crippen LogP contribution in [-0.2, 0) is 0 Å². The van der Waals surface area contributed by atoms with Crippen LogP contribution in [0.3, 0.4) is 0 Å². The summed E-state index contributed by atoms with van der Waals surface area (Å²) >= 11 is 0. The summed E-state index contributed by atoms with van der Waals surface area (Å²) in [6, 6.07) is 25.8. The van der Waals surface area contributed by atoms with Gasteiger partial charge in [-0.2, -0.15) is 0 Å². The largest absolute Gasteiger partial charge is 0.329 e. The molecule has 3 aromatic carbocycles. The predicted octanol–water partition coefficient (Wildman–Crippen LogP) is 6.06. The van der Waals surface area contributed by atoms with Gasteiger partial charge in [-0.3, -0.25) is 0 Å². The molecule has 0 radical (unpaired) electrons. The van der Waals surface area contributed by atoms with Crippen LogP contribution in [0.15, 0.2) is 72.8 Å². The second-order valence-electron chi connectivity index (χ2n) is 5.49. The van der Waals surface area contributed by atoms with Crippen LogP contribution >= 0.6 is 7.85 Å². The van der Waals surface area contributed by atoms with E-state index in [1.54, 1.807) is 0 Å². The summed E-state index contributed by atoms with van der Waals surface area (Å²) in [6.07, 6.45) is 0. The van der Waals surface area contributed by atoms with Gasteiger partial charge in [-0.05, 0) is 31.2 Å². The number of fused-ring (bicyclic) bond motifs is 3. The Balaban J connectivity index is 2.13.